The standard InChI is InChI=1S/C20H24N6OS/c1-28-20-23-17(15-4-11-27-12-5-15)13-18(24-20)25-7-9-26(10-8-25)19-16(14-21)3-2-6-22-19/h2-3,6,13,15H,4-5,7-12H2,1H3. The van der Waals surface area contributed by atoms with E-state index in [1.807, 2.05) is 12.3 Å². The summed E-state index contributed by atoms with van der Waals surface area (Å²) >= 11 is 1.59. The Balaban J connectivity index is 1.50. The molecule has 2 aliphatic heterocycles. The predicted octanol–water partition coefficient (Wildman–Crippen LogP) is 2.69. The van der Waals surface area contributed by atoms with Crippen LogP contribution >= 0.6 is 11.8 Å². The van der Waals surface area contributed by atoms with Crippen molar-refractivity contribution in [2.24, 2.45) is 0 Å². The van der Waals surface area contributed by atoms with Crippen LogP contribution in [0.5, 0.6) is 0 Å². The van der Waals surface area contributed by atoms with Crippen LogP contribution in [0.4, 0.5) is 11.6 Å². The molecule has 28 heavy (non-hydrogen) atoms. The van der Waals surface area contributed by atoms with Gasteiger partial charge in [0.1, 0.15) is 17.7 Å². The molecule has 0 N–H and O–H groups in total. The summed E-state index contributed by atoms with van der Waals surface area (Å²) < 4.78 is 5.50. The molecule has 4 rings (SSSR count). The summed E-state index contributed by atoms with van der Waals surface area (Å²) in [6.07, 6.45) is 5.82. The zero-order chi connectivity index (χ0) is 19.3. The van der Waals surface area contributed by atoms with Crippen LogP contribution < -0.4 is 9.80 Å². The molecular weight excluding hydrogens is 372 g/mol. The normalized spacial score (nSPS) is 18.1. The lowest BCUT2D eigenvalue weighted by atomic mass is 9.96. The van der Waals surface area contributed by atoms with E-state index in [4.69, 9.17) is 14.7 Å². The molecule has 4 heterocycles. The molecule has 0 amide bonds. The fourth-order valence-corrected chi connectivity index (χ4v) is 4.15. The minimum absolute atomic E-state index is 0.453. The van der Waals surface area contributed by atoms with Gasteiger partial charge in [-0.05, 0) is 31.2 Å². The number of nitriles is 1. The maximum atomic E-state index is 9.34. The minimum Gasteiger partial charge on any atom is -0.381 e. The number of nitrogens with zero attached hydrogens (tertiary/aromatic N) is 6. The second-order valence-electron chi connectivity index (χ2n) is 6.98. The molecule has 8 heteroatoms. The Morgan fingerprint density at radius 3 is 2.61 bits per heavy atom. The molecule has 0 aliphatic carbocycles. The maximum Gasteiger partial charge on any atom is 0.189 e. The summed E-state index contributed by atoms with van der Waals surface area (Å²) in [5.74, 6) is 2.23. The number of hydrogen-bond donors (Lipinski definition) is 0. The summed E-state index contributed by atoms with van der Waals surface area (Å²) in [6.45, 7) is 4.94. The molecule has 2 saturated heterocycles. The van der Waals surface area contributed by atoms with E-state index in [0.29, 0.717) is 11.5 Å². The number of rotatable bonds is 4. The van der Waals surface area contributed by atoms with Gasteiger partial charge in [-0.25, -0.2) is 15.0 Å². The van der Waals surface area contributed by atoms with Crippen molar-refractivity contribution in [3.8, 4) is 6.07 Å². The van der Waals surface area contributed by atoms with Gasteiger partial charge >= 0.3 is 0 Å². The largest absolute Gasteiger partial charge is 0.381 e. The van der Waals surface area contributed by atoms with Crippen molar-refractivity contribution in [3.63, 3.8) is 0 Å². The summed E-state index contributed by atoms with van der Waals surface area (Å²) in [4.78, 5) is 18.4. The van der Waals surface area contributed by atoms with E-state index in [2.05, 4.69) is 26.9 Å². The second-order valence-corrected chi connectivity index (χ2v) is 7.76. The van der Waals surface area contributed by atoms with Gasteiger partial charge in [0.2, 0.25) is 0 Å². The zero-order valence-electron chi connectivity index (χ0n) is 16.0. The van der Waals surface area contributed by atoms with E-state index in [-0.39, 0.29) is 0 Å². The first kappa shape index (κ1) is 19.0. The Hall–Kier alpha value is -2.37. The number of ether oxygens (including phenoxy) is 1. The van der Waals surface area contributed by atoms with Gasteiger partial charge in [-0.1, -0.05) is 11.8 Å². The van der Waals surface area contributed by atoms with E-state index in [1.54, 1.807) is 24.0 Å². The van der Waals surface area contributed by atoms with E-state index >= 15 is 0 Å². The molecule has 2 aliphatic rings. The fourth-order valence-electron chi connectivity index (χ4n) is 3.77. The monoisotopic (exact) mass is 396 g/mol. The molecular formula is C20H24N6OS. The smallest absolute Gasteiger partial charge is 0.189 e. The SMILES string of the molecule is CSc1nc(C2CCOCC2)cc(N2CCN(c3ncccc3C#N)CC2)n1. The lowest BCUT2D eigenvalue weighted by Crippen LogP contribution is -2.47. The van der Waals surface area contributed by atoms with Crippen molar-refractivity contribution in [2.75, 3.05) is 55.4 Å². The Morgan fingerprint density at radius 2 is 1.89 bits per heavy atom. The van der Waals surface area contributed by atoms with E-state index in [0.717, 1.165) is 74.7 Å². The molecule has 2 fully saturated rings. The van der Waals surface area contributed by atoms with Crippen molar-refractivity contribution < 1.29 is 4.74 Å². The van der Waals surface area contributed by atoms with E-state index in [1.165, 1.54) is 0 Å². The topological polar surface area (TPSA) is 78.2 Å². The molecule has 0 atom stereocenters. The average molecular weight is 397 g/mol. The second kappa shape index (κ2) is 8.76. The molecule has 0 aromatic carbocycles. The molecule has 2 aromatic rings. The quantitative estimate of drug-likeness (QED) is 0.577. The van der Waals surface area contributed by atoms with Gasteiger partial charge in [-0.15, -0.1) is 0 Å². The van der Waals surface area contributed by atoms with Gasteiger partial charge in [0.15, 0.2) is 5.16 Å². The number of thioether (sulfide) groups is 1. The van der Waals surface area contributed by atoms with Crippen LogP contribution in [0, 0.1) is 11.3 Å². The van der Waals surface area contributed by atoms with Crippen LogP contribution in [-0.2, 0) is 4.74 Å². The minimum atomic E-state index is 0.453. The molecule has 0 bridgehead atoms. The Kier molecular flexibility index (Phi) is 5.93. The Morgan fingerprint density at radius 1 is 1.14 bits per heavy atom. The molecule has 7 nitrogen and oxygen atoms in total. The van der Waals surface area contributed by atoms with E-state index < -0.39 is 0 Å². The van der Waals surface area contributed by atoms with E-state index in [9.17, 15) is 5.26 Å². The summed E-state index contributed by atoms with van der Waals surface area (Å²) in [6, 6.07) is 8.03. The molecule has 0 radical (unpaired) electrons. The third kappa shape index (κ3) is 4.05. The molecule has 0 spiro atoms. The third-order valence-electron chi connectivity index (χ3n) is 5.34. The number of anilines is 2. The highest BCUT2D eigenvalue weighted by Gasteiger charge is 2.24. The molecule has 0 saturated carbocycles. The van der Waals surface area contributed by atoms with Gasteiger partial charge in [-0.2, -0.15) is 5.26 Å². The Bertz CT molecular complexity index is 856. The average Bonchev–Trinajstić information content (AvgIpc) is 2.79. The van der Waals surface area contributed by atoms with Crippen LogP contribution in [0.1, 0.15) is 30.0 Å². The first-order valence-electron chi connectivity index (χ1n) is 9.64. The van der Waals surface area contributed by atoms with Gasteiger partial charge < -0.3 is 14.5 Å². The summed E-state index contributed by atoms with van der Waals surface area (Å²) in [5, 5.41) is 10.2. The van der Waals surface area contributed by atoms with Gasteiger partial charge in [0.05, 0.1) is 11.3 Å². The first-order valence-corrected chi connectivity index (χ1v) is 10.9. The summed E-state index contributed by atoms with van der Waals surface area (Å²) in [5.41, 5.74) is 1.76. The fraction of sp³-hybridized carbons (Fsp3) is 0.500. The molecule has 146 valence electrons. The van der Waals surface area contributed by atoms with Crippen molar-refractivity contribution >= 4 is 23.4 Å². The number of hydrogen-bond acceptors (Lipinski definition) is 8. The Labute approximate surface area is 169 Å². The van der Waals surface area contributed by atoms with Crippen LogP contribution in [0.15, 0.2) is 29.6 Å². The summed E-state index contributed by atoms with van der Waals surface area (Å²) in [7, 11) is 0. The highest BCUT2D eigenvalue weighted by atomic mass is 32.2. The van der Waals surface area contributed by atoms with Crippen molar-refractivity contribution in [1.29, 1.82) is 5.26 Å². The van der Waals surface area contributed by atoms with Gasteiger partial charge in [0, 0.05) is 57.6 Å². The lowest BCUT2D eigenvalue weighted by Gasteiger charge is -2.36. The van der Waals surface area contributed by atoms with Crippen LogP contribution in [0.2, 0.25) is 0 Å². The predicted molar refractivity (Wildman–Crippen MR) is 110 cm³/mol. The molecule has 0 unspecified atom stereocenters. The van der Waals surface area contributed by atoms with Gasteiger partial charge in [0.25, 0.3) is 0 Å². The van der Waals surface area contributed by atoms with Crippen LogP contribution in [-0.4, -0.2) is 60.6 Å². The lowest BCUT2D eigenvalue weighted by molar-refractivity contribution is 0.0843. The van der Waals surface area contributed by atoms with Crippen molar-refractivity contribution in [3.05, 3.63) is 35.7 Å². The van der Waals surface area contributed by atoms with Gasteiger partial charge in [-0.3, -0.25) is 0 Å². The number of aromatic nitrogens is 3. The van der Waals surface area contributed by atoms with Crippen molar-refractivity contribution in [1.82, 2.24) is 15.0 Å². The first-order chi connectivity index (χ1) is 13.8. The van der Waals surface area contributed by atoms with Crippen LogP contribution in [0.25, 0.3) is 0 Å². The highest BCUT2D eigenvalue weighted by Crippen LogP contribution is 2.30. The highest BCUT2D eigenvalue weighted by molar-refractivity contribution is 7.98. The van der Waals surface area contributed by atoms with Crippen molar-refractivity contribution in [2.45, 2.75) is 23.9 Å². The number of pyridine rings is 1. The number of piperazine rings is 1. The van der Waals surface area contributed by atoms with Crippen LogP contribution in [0.3, 0.4) is 0 Å². The third-order valence-corrected chi connectivity index (χ3v) is 5.89. The zero-order valence-corrected chi connectivity index (χ0v) is 16.9. The molecule has 2 aromatic heterocycles. The maximum absolute atomic E-state index is 9.34.